The van der Waals surface area contributed by atoms with E-state index < -0.39 is 0 Å². The van der Waals surface area contributed by atoms with Gasteiger partial charge in [-0.2, -0.15) is 5.10 Å². The van der Waals surface area contributed by atoms with E-state index in [1.54, 1.807) is 22.9 Å². The second kappa shape index (κ2) is 10.9. The van der Waals surface area contributed by atoms with Gasteiger partial charge in [-0.05, 0) is 48.0 Å². The van der Waals surface area contributed by atoms with Gasteiger partial charge < -0.3 is 4.74 Å². The van der Waals surface area contributed by atoms with Crippen molar-refractivity contribution in [3.8, 4) is 22.7 Å². The number of halogens is 1. The molecule has 1 aromatic heterocycles. The van der Waals surface area contributed by atoms with Gasteiger partial charge in [-0.15, -0.1) is 6.58 Å². The van der Waals surface area contributed by atoms with Crippen molar-refractivity contribution in [1.29, 1.82) is 0 Å². The van der Waals surface area contributed by atoms with E-state index in [2.05, 4.69) is 6.58 Å². The highest BCUT2D eigenvalue weighted by Gasteiger charge is 2.31. The Labute approximate surface area is 223 Å². The smallest absolute Gasteiger partial charge is 0.266 e. The summed E-state index contributed by atoms with van der Waals surface area (Å²) in [5.41, 5.74) is 4.07. The molecule has 0 saturated carbocycles. The molecule has 1 amide bonds. The molecular weight excluding hydrogens is 505 g/mol. The standard InChI is InChI=1S/C29H22FN3O2S2/c1-2-15-32-28(34)26(37-29(32)36)17-22-18-33(24-8-4-3-5-9-24)31-27(22)21-7-6-10-25(16-21)35-19-20-11-13-23(30)14-12-20/h2-14,16-18H,1,15,19H2. The summed E-state index contributed by atoms with van der Waals surface area (Å²) in [5.74, 6) is 0.220. The third-order valence-corrected chi connectivity index (χ3v) is 7.04. The molecule has 1 aliphatic rings. The second-order valence-corrected chi connectivity index (χ2v) is 9.91. The molecule has 1 aliphatic heterocycles. The summed E-state index contributed by atoms with van der Waals surface area (Å²) < 4.78 is 21.5. The van der Waals surface area contributed by atoms with Crippen LogP contribution in [0, 0.1) is 5.82 Å². The molecule has 4 aromatic rings. The normalized spacial score (nSPS) is 14.4. The number of benzene rings is 3. The number of thiocarbonyl (C=S) groups is 1. The number of hydrogen-bond acceptors (Lipinski definition) is 5. The Morgan fingerprint density at radius 1 is 1.05 bits per heavy atom. The summed E-state index contributed by atoms with van der Waals surface area (Å²) in [6, 6.07) is 23.6. The van der Waals surface area contributed by atoms with Gasteiger partial charge in [0, 0.05) is 23.9 Å². The molecule has 0 aliphatic carbocycles. The van der Waals surface area contributed by atoms with Crippen LogP contribution in [-0.4, -0.2) is 31.5 Å². The fourth-order valence-corrected chi connectivity index (χ4v) is 5.10. The van der Waals surface area contributed by atoms with Crippen LogP contribution in [0.15, 0.2) is 103 Å². The van der Waals surface area contributed by atoms with Crippen molar-refractivity contribution in [2.75, 3.05) is 6.54 Å². The summed E-state index contributed by atoms with van der Waals surface area (Å²) in [4.78, 5) is 15.0. The van der Waals surface area contributed by atoms with Crippen LogP contribution in [0.4, 0.5) is 4.39 Å². The molecule has 3 aromatic carbocycles. The van der Waals surface area contributed by atoms with Crippen molar-refractivity contribution in [2.45, 2.75) is 6.61 Å². The van der Waals surface area contributed by atoms with E-state index in [1.165, 1.54) is 28.8 Å². The Balaban J connectivity index is 1.50. The van der Waals surface area contributed by atoms with E-state index in [1.807, 2.05) is 66.9 Å². The molecule has 0 atom stereocenters. The Morgan fingerprint density at radius 3 is 2.59 bits per heavy atom. The molecule has 0 unspecified atom stereocenters. The van der Waals surface area contributed by atoms with Gasteiger partial charge in [0.25, 0.3) is 5.91 Å². The third kappa shape index (κ3) is 5.55. The molecule has 2 heterocycles. The van der Waals surface area contributed by atoms with E-state index in [4.69, 9.17) is 22.1 Å². The van der Waals surface area contributed by atoms with E-state index >= 15 is 0 Å². The van der Waals surface area contributed by atoms with Crippen LogP contribution in [-0.2, 0) is 11.4 Å². The molecule has 5 rings (SSSR count). The number of rotatable bonds is 8. The van der Waals surface area contributed by atoms with Crippen LogP contribution >= 0.6 is 24.0 Å². The molecule has 0 N–H and O–H groups in total. The molecule has 1 saturated heterocycles. The number of nitrogens with zero attached hydrogens (tertiary/aromatic N) is 3. The average Bonchev–Trinajstić information content (AvgIpc) is 3.46. The number of hydrogen-bond donors (Lipinski definition) is 0. The lowest BCUT2D eigenvalue weighted by atomic mass is 10.1. The van der Waals surface area contributed by atoms with Crippen molar-refractivity contribution < 1.29 is 13.9 Å². The summed E-state index contributed by atoms with van der Waals surface area (Å²) in [7, 11) is 0. The predicted molar refractivity (Wildman–Crippen MR) is 150 cm³/mol. The monoisotopic (exact) mass is 527 g/mol. The molecule has 0 radical (unpaired) electrons. The lowest BCUT2D eigenvalue weighted by Gasteiger charge is -2.10. The average molecular weight is 528 g/mol. The van der Waals surface area contributed by atoms with Crippen molar-refractivity contribution in [2.24, 2.45) is 0 Å². The molecular formula is C29H22FN3O2S2. The van der Waals surface area contributed by atoms with Gasteiger partial charge in [0.2, 0.25) is 0 Å². The number of thioether (sulfide) groups is 1. The molecule has 184 valence electrons. The Hall–Kier alpha value is -4.01. The zero-order valence-electron chi connectivity index (χ0n) is 19.7. The van der Waals surface area contributed by atoms with Gasteiger partial charge in [0.15, 0.2) is 0 Å². The summed E-state index contributed by atoms with van der Waals surface area (Å²) in [6.45, 7) is 4.39. The van der Waals surface area contributed by atoms with Gasteiger partial charge in [-0.1, -0.05) is 72.5 Å². The van der Waals surface area contributed by atoms with Gasteiger partial charge in [0.05, 0.1) is 10.6 Å². The topological polar surface area (TPSA) is 47.4 Å². The summed E-state index contributed by atoms with van der Waals surface area (Å²) in [5, 5.41) is 4.85. The lowest BCUT2D eigenvalue weighted by molar-refractivity contribution is -0.121. The highest BCUT2D eigenvalue weighted by Crippen LogP contribution is 2.35. The van der Waals surface area contributed by atoms with Gasteiger partial charge >= 0.3 is 0 Å². The minimum Gasteiger partial charge on any atom is -0.489 e. The highest BCUT2D eigenvalue weighted by molar-refractivity contribution is 8.26. The van der Waals surface area contributed by atoms with E-state index in [9.17, 15) is 9.18 Å². The number of carbonyl (C=O) groups excluding carboxylic acids is 1. The van der Waals surface area contributed by atoms with Crippen LogP contribution in [0.3, 0.4) is 0 Å². The first-order valence-electron chi connectivity index (χ1n) is 11.5. The van der Waals surface area contributed by atoms with Crippen LogP contribution in [0.1, 0.15) is 11.1 Å². The van der Waals surface area contributed by atoms with Crippen molar-refractivity contribution in [3.05, 3.63) is 120 Å². The fourth-order valence-electron chi connectivity index (χ4n) is 3.84. The summed E-state index contributed by atoms with van der Waals surface area (Å²) >= 11 is 6.67. The van der Waals surface area contributed by atoms with E-state index in [0.717, 1.165) is 22.4 Å². The van der Waals surface area contributed by atoms with Crippen LogP contribution < -0.4 is 4.74 Å². The third-order valence-electron chi connectivity index (χ3n) is 5.66. The number of para-hydroxylation sites is 1. The maximum atomic E-state index is 13.2. The van der Waals surface area contributed by atoms with Crippen LogP contribution in [0.2, 0.25) is 0 Å². The van der Waals surface area contributed by atoms with Crippen molar-refractivity contribution >= 4 is 40.3 Å². The van der Waals surface area contributed by atoms with E-state index in [-0.39, 0.29) is 11.7 Å². The van der Waals surface area contributed by atoms with Crippen LogP contribution in [0.5, 0.6) is 5.75 Å². The Kier molecular flexibility index (Phi) is 7.30. The Morgan fingerprint density at radius 2 is 1.84 bits per heavy atom. The van der Waals surface area contributed by atoms with Gasteiger partial charge in [-0.25, -0.2) is 9.07 Å². The van der Waals surface area contributed by atoms with Crippen molar-refractivity contribution in [1.82, 2.24) is 14.7 Å². The number of amides is 1. The molecule has 8 heteroatoms. The number of carbonyl (C=O) groups is 1. The maximum absolute atomic E-state index is 13.2. The molecule has 1 fully saturated rings. The minimum absolute atomic E-state index is 0.148. The molecule has 0 bridgehead atoms. The second-order valence-electron chi connectivity index (χ2n) is 8.24. The lowest BCUT2D eigenvalue weighted by Crippen LogP contribution is -2.27. The number of aromatic nitrogens is 2. The van der Waals surface area contributed by atoms with Gasteiger partial charge in [-0.3, -0.25) is 9.69 Å². The van der Waals surface area contributed by atoms with Crippen molar-refractivity contribution in [3.63, 3.8) is 0 Å². The fraction of sp³-hybridized carbons (Fsp3) is 0.0690. The van der Waals surface area contributed by atoms with Gasteiger partial charge in [0.1, 0.15) is 28.2 Å². The SMILES string of the molecule is C=CCN1C(=O)C(=Cc2cn(-c3ccccc3)nc2-c2cccc(OCc3ccc(F)cc3)c2)SC1=S. The van der Waals surface area contributed by atoms with E-state index in [0.29, 0.717) is 33.8 Å². The quantitative estimate of drug-likeness (QED) is 0.146. The zero-order valence-corrected chi connectivity index (χ0v) is 21.3. The molecule has 5 nitrogen and oxygen atoms in total. The predicted octanol–water partition coefficient (Wildman–Crippen LogP) is 6.64. The Bertz CT molecular complexity index is 1500. The summed E-state index contributed by atoms with van der Waals surface area (Å²) in [6.07, 6.45) is 5.39. The molecule has 0 spiro atoms. The van der Waals surface area contributed by atoms with Crippen LogP contribution in [0.25, 0.3) is 23.0 Å². The zero-order chi connectivity index (χ0) is 25.8. The first-order valence-corrected chi connectivity index (χ1v) is 12.7. The first kappa shape index (κ1) is 24.7. The molecule has 37 heavy (non-hydrogen) atoms. The maximum Gasteiger partial charge on any atom is 0.266 e. The minimum atomic E-state index is -0.284. The number of ether oxygens (including phenoxy) is 1. The largest absolute Gasteiger partial charge is 0.489 e. The first-order chi connectivity index (χ1) is 18.0. The highest BCUT2D eigenvalue weighted by atomic mass is 32.2.